The van der Waals surface area contributed by atoms with E-state index in [1.54, 1.807) is 12.1 Å². The fraction of sp³-hybridized carbons (Fsp3) is 0.111. The molecule has 0 saturated heterocycles. The van der Waals surface area contributed by atoms with Crippen molar-refractivity contribution in [1.82, 2.24) is 5.32 Å². The maximum atomic E-state index is 12.8. The van der Waals surface area contributed by atoms with Crippen molar-refractivity contribution < 1.29 is 13.2 Å². The Balaban J connectivity index is 1.38. The number of hydrogen-bond donors (Lipinski definition) is 3. The number of rotatable bonds is 6. The highest BCUT2D eigenvalue weighted by Crippen LogP contribution is 2.24. The monoisotopic (exact) mass is 503 g/mol. The van der Waals surface area contributed by atoms with Gasteiger partial charge in [-0.05, 0) is 77.8 Å². The molecule has 0 bridgehead atoms. The van der Waals surface area contributed by atoms with Crippen LogP contribution in [0.4, 0.5) is 11.4 Å². The molecule has 0 atom stereocenters. The Bertz CT molecular complexity index is 1490. The van der Waals surface area contributed by atoms with Crippen LogP contribution >= 0.6 is 12.2 Å². The molecule has 0 saturated carbocycles. The average Bonchev–Trinajstić information content (AvgIpc) is 2.82. The van der Waals surface area contributed by atoms with Gasteiger partial charge >= 0.3 is 0 Å². The van der Waals surface area contributed by atoms with Crippen LogP contribution in [0.25, 0.3) is 10.8 Å². The molecule has 0 radical (unpaired) electrons. The molecular weight excluding hydrogens is 478 g/mol. The summed E-state index contributed by atoms with van der Waals surface area (Å²) in [5.74, 6) is -0.240. The summed E-state index contributed by atoms with van der Waals surface area (Å²) in [5, 5.41) is 7.84. The lowest BCUT2D eigenvalue weighted by Gasteiger charge is -2.14. The number of nitrogens with one attached hydrogen (secondary N) is 3. The maximum Gasteiger partial charge on any atom is 0.261 e. The van der Waals surface area contributed by atoms with E-state index in [2.05, 4.69) is 15.4 Å². The van der Waals surface area contributed by atoms with Gasteiger partial charge in [-0.3, -0.25) is 9.52 Å². The first kappa shape index (κ1) is 24.4. The van der Waals surface area contributed by atoms with Gasteiger partial charge < -0.3 is 10.6 Å². The fourth-order valence-corrected chi connectivity index (χ4v) is 5.27. The molecule has 8 heteroatoms. The van der Waals surface area contributed by atoms with Crippen LogP contribution in [0.1, 0.15) is 16.7 Å². The van der Waals surface area contributed by atoms with Gasteiger partial charge in [0.1, 0.15) is 0 Å². The number of aryl methyl sites for hydroxylation is 2. The number of para-hydroxylation sites is 1. The standard InChI is InChI=1S/C27H25N3O3S2/c1-18-7-5-8-19(2)26(18)30-35(32,33)23-15-13-22(14-16-23)28-27(34)29-25(31)17-21-11-6-10-20-9-3-4-12-24(20)21/h3-16,30H,17H2,1-2H3,(H2,28,29,31,34). The highest BCUT2D eigenvalue weighted by molar-refractivity contribution is 7.92. The number of amides is 1. The number of benzene rings is 4. The van der Waals surface area contributed by atoms with Gasteiger partial charge in [0, 0.05) is 5.69 Å². The van der Waals surface area contributed by atoms with Crippen LogP contribution in [-0.4, -0.2) is 19.4 Å². The molecule has 0 aliphatic carbocycles. The molecule has 0 unspecified atom stereocenters. The Kier molecular flexibility index (Phi) is 7.14. The molecule has 0 aromatic heterocycles. The molecule has 4 aromatic rings. The molecule has 4 rings (SSSR count). The van der Waals surface area contributed by atoms with E-state index < -0.39 is 10.0 Å². The predicted octanol–water partition coefficient (Wildman–Crippen LogP) is 5.31. The zero-order valence-electron chi connectivity index (χ0n) is 19.3. The first-order valence-corrected chi connectivity index (χ1v) is 12.9. The number of thiocarbonyl (C=S) groups is 1. The van der Waals surface area contributed by atoms with Crippen molar-refractivity contribution >= 4 is 55.4 Å². The predicted molar refractivity (Wildman–Crippen MR) is 145 cm³/mol. The van der Waals surface area contributed by atoms with Crippen LogP contribution in [0.5, 0.6) is 0 Å². The molecule has 35 heavy (non-hydrogen) atoms. The smallest absolute Gasteiger partial charge is 0.261 e. The quantitative estimate of drug-likeness (QED) is 0.310. The van der Waals surface area contributed by atoms with Gasteiger partial charge in [0.05, 0.1) is 17.0 Å². The molecule has 0 heterocycles. The van der Waals surface area contributed by atoms with Gasteiger partial charge in [-0.15, -0.1) is 0 Å². The highest BCUT2D eigenvalue weighted by atomic mass is 32.2. The summed E-state index contributed by atoms with van der Waals surface area (Å²) in [6.45, 7) is 3.71. The van der Waals surface area contributed by atoms with Gasteiger partial charge in [-0.25, -0.2) is 8.42 Å². The van der Waals surface area contributed by atoms with E-state index in [4.69, 9.17) is 12.2 Å². The minimum absolute atomic E-state index is 0.122. The van der Waals surface area contributed by atoms with Crippen molar-refractivity contribution in [2.24, 2.45) is 0 Å². The second-order valence-electron chi connectivity index (χ2n) is 8.21. The molecule has 0 aliphatic heterocycles. The largest absolute Gasteiger partial charge is 0.332 e. The van der Waals surface area contributed by atoms with E-state index in [-0.39, 0.29) is 22.3 Å². The lowest BCUT2D eigenvalue weighted by molar-refractivity contribution is -0.119. The number of hydrogen-bond acceptors (Lipinski definition) is 4. The minimum Gasteiger partial charge on any atom is -0.332 e. The first-order chi connectivity index (χ1) is 16.7. The normalized spacial score (nSPS) is 11.1. The molecule has 0 aliphatic rings. The van der Waals surface area contributed by atoms with Gasteiger partial charge in [0.2, 0.25) is 5.91 Å². The Labute approximate surface area is 210 Å². The van der Waals surface area contributed by atoms with Crippen LogP contribution < -0.4 is 15.4 Å². The Morgan fingerprint density at radius 1 is 0.829 bits per heavy atom. The van der Waals surface area contributed by atoms with E-state index in [1.165, 1.54) is 12.1 Å². The summed E-state index contributed by atoms with van der Waals surface area (Å²) in [6.07, 6.45) is 0.185. The third kappa shape index (κ3) is 5.85. The van der Waals surface area contributed by atoms with Crippen molar-refractivity contribution in [3.05, 3.63) is 102 Å². The second kappa shape index (κ2) is 10.2. The van der Waals surface area contributed by atoms with Crippen molar-refractivity contribution in [2.45, 2.75) is 25.2 Å². The summed E-state index contributed by atoms with van der Waals surface area (Å²) in [7, 11) is -3.76. The van der Waals surface area contributed by atoms with E-state index in [0.29, 0.717) is 11.4 Å². The Hall–Kier alpha value is -3.75. The number of fused-ring (bicyclic) bond motifs is 1. The van der Waals surface area contributed by atoms with Crippen molar-refractivity contribution in [3.63, 3.8) is 0 Å². The molecule has 3 N–H and O–H groups in total. The van der Waals surface area contributed by atoms with Crippen molar-refractivity contribution in [1.29, 1.82) is 0 Å². The summed E-state index contributed by atoms with van der Waals surface area (Å²) in [4.78, 5) is 12.7. The topological polar surface area (TPSA) is 87.3 Å². The van der Waals surface area contributed by atoms with E-state index in [1.807, 2.05) is 74.5 Å². The third-order valence-corrected chi connectivity index (χ3v) is 7.19. The first-order valence-electron chi connectivity index (χ1n) is 11.0. The molecule has 0 spiro atoms. The zero-order valence-corrected chi connectivity index (χ0v) is 21.0. The molecule has 4 aromatic carbocycles. The Morgan fingerprint density at radius 2 is 1.46 bits per heavy atom. The summed E-state index contributed by atoms with van der Waals surface area (Å²) >= 11 is 5.27. The summed E-state index contributed by atoms with van der Waals surface area (Å²) < 4.78 is 28.3. The molecule has 1 amide bonds. The van der Waals surface area contributed by atoms with Gasteiger partial charge in [-0.1, -0.05) is 60.7 Å². The number of carbonyl (C=O) groups is 1. The van der Waals surface area contributed by atoms with E-state index in [9.17, 15) is 13.2 Å². The fourth-order valence-electron chi connectivity index (χ4n) is 3.84. The van der Waals surface area contributed by atoms with Crippen LogP contribution in [-0.2, 0) is 21.2 Å². The molecule has 6 nitrogen and oxygen atoms in total. The number of carbonyl (C=O) groups excluding carboxylic acids is 1. The third-order valence-electron chi connectivity index (χ3n) is 5.62. The zero-order chi connectivity index (χ0) is 25.0. The molecule has 178 valence electrons. The highest BCUT2D eigenvalue weighted by Gasteiger charge is 2.17. The van der Waals surface area contributed by atoms with Crippen LogP contribution in [0.2, 0.25) is 0 Å². The van der Waals surface area contributed by atoms with Gasteiger partial charge in [0.15, 0.2) is 5.11 Å². The van der Waals surface area contributed by atoms with Crippen LogP contribution in [0.3, 0.4) is 0 Å². The van der Waals surface area contributed by atoms with Crippen molar-refractivity contribution in [2.75, 3.05) is 10.0 Å². The average molecular weight is 504 g/mol. The number of anilines is 2. The molecular formula is C27H25N3O3S2. The van der Waals surface area contributed by atoms with Crippen LogP contribution in [0, 0.1) is 13.8 Å². The summed E-state index contributed by atoms with van der Waals surface area (Å²) in [5.41, 5.74) is 3.73. The number of sulfonamides is 1. The second-order valence-corrected chi connectivity index (χ2v) is 10.3. The van der Waals surface area contributed by atoms with Gasteiger partial charge in [-0.2, -0.15) is 0 Å². The molecule has 0 fully saturated rings. The lowest BCUT2D eigenvalue weighted by Crippen LogP contribution is -2.35. The van der Waals surface area contributed by atoms with E-state index in [0.717, 1.165) is 27.5 Å². The van der Waals surface area contributed by atoms with E-state index >= 15 is 0 Å². The SMILES string of the molecule is Cc1cccc(C)c1NS(=O)(=O)c1ccc(NC(=S)NC(=O)Cc2cccc3ccccc23)cc1. The van der Waals surface area contributed by atoms with Crippen LogP contribution in [0.15, 0.2) is 89.8 Å². The van der Waals surface area contributed by atoms with Gasteiger partial charge in [0.25, 0.3) is 10.0 Å². The minimum atomic E-state index is -3.76. The lowest BCUT2D eigenvalue weighted by atomic mass is 10.0. The van der Waals surface area contributed by atoms with Crippen molar-refractivity contribution in [3.8, 4) is 0 Å². The maximum absolute atomic E-state index is 12.8. The summed E-state index contributed by atoms with van der Waals surface area (Å²) in [6, 6.07) is 25.5. The Morgan fingerprint density at radius 3 is 2.17 bits per heavy atom.